The highest BCUT2D eigenvalue weighted by Crippen LogP contribution is 2.25. The Labute approximate surface area is 182 Å². The van der Waals surface area contributed by atoms with Gasteiger partial charge in [0.25, 0.3) is 11.2 Å². The van der Waals surface area contributed by atoms with Crippen LogP contribution in [0.25, 0.3) is 10.6 Å². The predicted molar refractivity (Wildman–Crippen MR) is 118 cm³/mol. The van der Waals surface area contributed by atoms with Gasteiger partial charge < -0.3 is 9.80 Å². The molecule has 1 aromatic carbocycles. The van der Waals surface area contributed by atoms with Crippen LogP contribution < -0.4 is 10.5 Å². The first-order chi connectivity index (χ1) is 14.9. The molecule has 4 rings (SSSR count). The molecule has 0 N–H and O–H groups in total. The van der Waals surface area contributed by atoms with Gasteiger partial charge in [0.15, 0.2) is 0 Å². The Morgan fingerprint density at radius 3 is 2.39 bits per heavy atom. The molecule has 9 nitrogen and oxygen atoms in total. The number of non-ortho nitro benzene ring substituents is 1. The van der Waals surface area contributed by atoms with E-state index in [0.717, 1.165) is 15.4 Å². The van der Waals surface area contributed by atoms with E-state index in [9.17, 15) is 19.7 Å². The van der Waals surface area contributed by atoms with Gasteiger partial charge in [0.05, 0.1) is 9.80 Å². The first-order valence-electron chi connectivity index (χ1n) is 9.83. The Hall–Kier alpha value is -3.53. The molecule has 31 heavy (non-hydrogen) atoms. The summed E-state index contributed by atoms with van der Waals surface area (Å²) in [5.74, 6) is -0.155. The summed E-state index contributed by atoms with van der Waals surface area (Å²) in [6.07, 6.45) is 0. The second-order valence-corrected chi connectivity index (χ2v) is 8.55. The Morgan fingerprint density at radius 1 is 1.06 bits per heavy atom. The minimum absolute atomic E-state index is 0.0513. The largest absolute Gasteiger partial charge is 0.368 e. The first kappa shape index (κ1) is 20.7. The number of hydrogen-bond acceptors (Lipinski definition) is 7. The smallest absolute Gasteiger partial charge is 0.269 e. The van der Waals surface area contributed by atoms with Gasteiger partial charge in [-0.3, -0.25) is 19.7 Å². The molecule has 3 aromatic rings. The van der Waals surface area contributed by atoms with Crippen molar-refractivity contribution in [2.75, 3.05) is 31.1 Å². The Balaban J connectivity index is 1.39. The average Bonchev–Trinajstić information content (AvgIpc) is 3.21. The lowest BCUT2D eigenvalue weighted by molar-refractivity contribution is -0.384. The lowest BCUT2D eigenvalue weighted by Gasteiger charge is -2.36. The standard InChI is InChI=1S/C21H21N5O4S/c1-15-2-8-19(31-15)18-7-9-20(27)25(22-18)14-21(28)24-12-10-23(11-13-24)16-3-5-17(6-4-16)26(29)30/h2-9H,10-14H2,1H3. The van der Waals surface area contributed by atoms with E-state index in [4.69, 9.17) is 0 Å². The van der Waals surface area contributed by atoms with Crippen molar-refractivity contribution in [3.05, 3.63) is 73.9 Å². The number of anilines is 1. The lowest BCUT2D eigenvalue weighted by Crippen LogP contribution is -2.50. The summed E-state index contributed by atoms with van der Waals surface area (Å²) in [5, 5.41) is 15.2. The van der Waals surface area contributed by atoms with Crippen molar-refractivity contribution < 1.29 is 9.72 Å². The zero-order valence-electron chi connectivity index (χ0n) is 16.9. The van der Waals surface area contributed by atoms with Gasteiger partial charge in [-0.25, -0.2) is 4.68 Å². The number of nitrogens with zero attached hydrogens (tertiary/aromatic N) is 5. The number of aromatic nitrogens is 2. The number of hydrogen-bond donors (Lipinski definition) is 0. The topological polar surface area (TPSA) is 102 Å². The minimum atomic E-state index is -0.426. The van der Waals surface area contributed by atoms with E-state index in [2.05, 4.69) is 10.00 Å². The number of carbonyl (C=O) groups is 1. The molecule has 3 heterocycles. The van der Waals surface area contributed by atoms with Crippen LogP contribution in [0.1, 0.15) is 4.88 Å². The maximum absolute atomic E-state index is 12.8. The number of nitro groups is 1. The van der Waals surface area contributed by atoms with Gasteiger partial charge in [0.2, 0.25) is 5.91 Å². The predicted octanol–water partition coefficient (Wildman–Crippen LogP) is 2.54. The number of amides is 1. The molecule has 0 unspecified atom stereocenters. The van der Waals surface area contributed by atoms with Crippen molar-refractivity contribution in [3.8, 4) is 10.6 Å². The van der Waals surface area contributed by atoms with Gasteiger partial charge in [-0.15, -0.1) is 11.3 Å². The average molecular weight is 439 g/mol. The third-order valence-electron chi connectivity index (χ3n) is 5.20. The maximum atomic E-state index is 12.8. The second kappa shape index (κ2) is 8.68. The number of nitro benzene ring substituents is 1. The summed E-state index contributed by atoms with van der Waals surface area (Å²) in [4.78, 5) is 41.3. The van der Waals surface area contributed by atoms with Crippen molar-refractivity contribution in [1.82, 2.24) is 14.7 Å². The molecule has 0 radical (unpaired) electrons. The molecule has 0 aliphatic carbocycles. The van der Waals surface area contributed by atoms with E-state index < -0.39 is 4.92 Å². The molecule has 2 aromatic heterocycles. The lowest BCUT2D eigenvalue weighted by atomic mass is 10.2. The van der Waals surface area contributed by atoms with Gasteiger partial charge in [-0.1, -0.05) is 0 Å². The quantitative estimate of drug-likeness (QED) is 0.447. The molecule has 1 aliphatic heterocycles. The number of thiophene rings is 1. The summed E-state index contributed by atoms with van der Waals surface area (Å²) in [6.45, 7) is 4.14. The van der Waals surface area contributed by atoms with Gasteiger partial charge in [-0.2, -0.15) is 5.10 Å². The van der Waals surface area contributed by atoms with Crippen LogP contribution in [0.3, 0.4) is 0 Å². The van der Waals surface area contributed by atoms with Crippen LogP contribution in [0.2, 0.25) is 0 Å². The molecule has 160 valence electrons. The molecule has 1 fully saturated rings. The van der Waals surface area contributed by atoms with Gasteiger partial charge in [-0.05, 0) is 37.3 Å². The van der Waals surface area contributed by atoms with Gasteiger partial charge >= 0.3 is 0 Å². The van der Waals surface area contributed by atoms with E-state index in [1.54, 1.807) is 34.4 Å². The van der Waals surface area contributed by atoms with Crippen molar-refractivity contribution in [3.63, 3.8) is 0 Å². The summed E-state index contributed by atoms with van der Waals surface area (Å²) in [7, 11) is 0. The van der Waals surface area contributed by atoms with Gasteiger partial charge in [0, 0.05) is 54.9 Å². The molecule has 1 aliphatic rings. The molecule has 0 bridgehead atoms. The van der Waals surface area contributed by atoms with E-state index >= 15 is 0 Å². The van der Waals surface area contributed by atoms with Crippen LogP contribution in [-0.2, 0) is 11.3 Å². The van der Waals surface area contributed by atoms with Crippen LogP contribution in [0, 0.1) is 17.0 Å². The molecule has 10 heteroatoms. The Morgan fingerprint density at radius 2 is 1.77 bits per heavy atom. The monoisotopic (exact) mass is 439 g/mol. The fraction of sp³-hybridized carbons (Fsp3) is 0.286. The van der Waals surface area contributed by atoms with Crippen molar-refractivity contribution in [2.24, 2.45) is 0 Å². The van der Waals surface area contributed by atoms with Crippen molar-refractivity contribution in [2.45, 2.75) is 13.5 Å². The van der Waals surface area contributed by atoms with Crippen LogP contribution >= 0.6 is 11.3 Å². The zero-order chi connectivity index (χ0) is 22.0. The normalized spacial score (nSPS) is 14.0. The van der Waals surface area contributed by atoms with Crippen LogP contribution in [0.5, 0.6) is 0 Å². The Kier molecular flexibility index (Phi) is 5.81. The molecule has 0 saturated carbocycles. The molecular weight excluding hydrogens is 418 g/mol. The summed E-state index contributed by atoms with van der Waals surface area (Å²) >= 11 is 1.59. The second-order valence-electron chi connectivity index (χ2n) is 7.27. The Bertz CT molecular complexity index is 1160. The third-order valence-corrected chi connectivity index (χ3v) is 6.23. The molecule has 1 saturated heterocycles. The fourth-order valence-corrected chi connectivity index (χ4v) is 4.33. The highest BCUT2D eigenvalue weighted by Gasteiger charge is 2.22. The molecule has 0 atom stereocenters. The zero-order valence-corrected chi connectivity index (χ0v) is 17.7. The summed E-state index contributed by atoms with van der Waals surface area (Å²) in [6, 6.07) is 13.5. The van der Waals surface area contributed by atoms with Crippen molar-refractivity contribution in [1.29, 1.82) is 0 Å². The first-order valence-corrected chi connectivity index (χ1v) is 10.6. The number of piperazine rings is 1. The number of aryl methyl sites for hydroxylation is 1. The number of carbonyl (C=O) groups excluding carboxylic acids is 1. The van der Waals surface area contributed by atoms with E-state index in [1.807, 2.05) is 19.1 Å². The van der Waals surface area contributed by atoms with Crippen LogP contribution in [0.15, 0.2) is 53.3 Å². The molecule has 1 amide bonds. The number of benzene rings is 1. The van der Waals surface area contributed by atoms with E-state index in [0.29, 0.717) is 31.9 Å². The third kappa shape index (κ3) is 4.64. The number of rotatable bonds is 5. The summed E-state index contributed by atoms with van der Waals surface area (Å²) in [5.41, 5.74) is 1.30. The summed E-state index contributed by atoms with van der Waals surface area (Å²) < 4.78 is 1.22. The van der Waals surface area contributed by atoms with E-state index in [-0.39, 0.29) is 23.7 Å². The molecule has 0 spiro atoms. The minimum Gasteiger partial charge on any atom is -0.368 e. The van der Waals surface area contributed by atoms with Gasteiger partial charge in [0.1, 0.15) is 12.2 Å². The van der Waals surface area contributed by atoms with Crippen LogP contribution in [-0.4, -0.2) is 51.7 Å². The highest BCUT2D eigenvalue weighted by molar-refractivity contribution is 7.15. The highest BCUT2D eigenvalue weighted by atomic mass is 32.1. The fourth-order valence-electron chi connectivity index (χ4n) is 3.49. The SMILES string of the molecule is Cc1ccc(-c2ccc(=O)n(CC(=O)N3CCN(c4ccc([N+](=O)[O-])cc4)CC3)n2)s1. The van der Waals surface area contributed by atoms with Crippen LogP contribution in [0.4, 0.5) is 11.4 Å². The molecular formula is C21H21N5O4S. The van der Waals surface area contributed by atoms with Crippen molar-refractivity contribution >= 4 is 28.6 Å². The van der Waals surface area contributed by atoms with E-state index in [1.165, 1.54) is 22.9 Å². The maximum Gasteiger partial charge on any atom is 0.269 e.